The number of carbonyl (C=O) groups excluding carboxylic acids is 2. The monoisotopic (exact) mass is 243 g/mol. The fourth-order valence-corrected chi connectivity index (χ4v) is 1.49. The number of methoxy groups -OCH3 is 1. The minimum atomic E-state index is -0.595. The molecule has 1 fully saturated rings. The van der Waals surface area contributed by atoms with Crippen LogP contribution in [-0.4, -0.2) is 30.8 Å². The molecule has 5 nitrogen and oxygen atoms in total. The van der Waals surface area contributed by atoms with Crippen LogP contribution in [0.25, 0.3) is 0 Å². The van der Waals surface area contributed by atoms with Gasteiger partial charge in [0.25, 0.3) is 0 Å². The summed E-state index contributed by atoms with van der Waals surface area (Å²) in [5.41, 5.74) is -0.565. The van der Waals surface area contributed by atoms with Crippen LogP contribution >= 0.6 is 0 Å². The van der Waals surface area contributed by atoms with Crippen molar-refractivity contribution in [2.75, 3.05) is 7.11 Å². The molecule has 5 heteroatoms. The zero-order chi connectivity index (χ0) is 13.1. The number of hydrogen-bond acceptors (Lipinski definition) is 4. The summed E-state index contributed by atoms with van der Waals surface area (Å²) >= 11 is 0. The molecule has 1 amide bonds. The average molecular weight is 243 g/mol. The van der Waals surface area contributed by atoms with Gasteiger partial charge in [0.1, 0.15) is 11.6 Å². The van der Waals surface area contributed by atoms with Crippen molar-refractivity contribution in [1.82, 2.24) is 5.32 Å². The lowest BCUT2D eigenvalue weighted by Crippen LogP contribution is -2.44. The van der Waals surface area contributed by atoms with Gasteiger partial charge in [0.15, 0.2) is 0 Å². The molecule has 0 aromatic carbocycles. The molecule has 1 saturated carbocycles. The van der Waals surface area contributed by atoms with E-state index < -0.39 is 23.7 Å². The van der Waals surface area contributed by atoms with Gasteiger partial charge in [-0.05, 0) is 33.1 Å². The smallest absolute Gasteiger partial charge is 0.408 e. The van der Waals surface area contributed by atoms with E-state index in [4.69, 9.17) is 4.74 Å². The van der Waals surface area contributed by atoms with E-state index in [9.17, 15) is 9.59 Å². The molecule has 0 aromatic rings. The second-order valence-corrected chi connectivity index (χ2v) is 5.40. The number of hydrogen-bond donors (Lipinski definition) is 1. The van der Waals surface area contributed by atoms with Crippen LogP contribution in [0.1, 0.15) is 40.0 Å². The lowest BCUT2D eigenvalue weighted by atomic mass is 10.1. The van der Waals surface area contributed by atoms with Crippen molar-refractivity contribution in [3.63, 3.8) is 0 Å². The summed E-state index contributed by atoms with van der Waals surface area (Å²) in [5, 5.41) is 2.56. The van der Waals surface area contributed by atoms with Crippen molar-refractivity contribution in [3.05, 3.63) is 0 Å². The SMILES string of the molecule is COC(=O)C(CC1CC1)NC(=O)OC(C)(C)C. The molecule has 0 saturated heterocycles. The summed E-state index contributed by atoms with van der Waals surface area (Å²) in [6.45, 7) is 5.34. The highest BCUT2D eigenvalue weighted by atomic mass is 16.6. The van der Waals surface area contributed by atoms with Crippen molar-refractivity contribution < 1.29 is 19.1 Å². The molecule has 1 N–H and O–H groups in total. The van der Waals surface area contributed by atoms with Crippen molar-refractivity contribution in [2.45, 2.75) is 51.7 Å². The molecule has 1 rings (SSSR count). The molecule has 1 atom stereocenters. The van der Waals surface area contributed by atoms with Gasteiger partial charge in [-0.15, -0.1) is 0 Å². The molecule has 0 heterocycles. The third-order valence-corrected chi connectivity index (χ3v) is 2.44. The number of amides is 1. The van der Waals surface area contributed by atoms with Crippen LogP contribution in [0.3, 0.4) is 0 Å². The number of ether oxygens (including phenoxy) is 2. The Labute approximate surface area is 102 Å². The van der Waals surface area contributed by atoms with Crippen LogP contribution in [-0.2, 0) is 14.3 Å². The Kier molecular flexibility index (Phi) is 4.37. The maximum Gasteiger partial charge on any atom is 0.408 e. The summed E-state index contributed by atoms with van der Waals surface area (Å²) in [5.74, 6) is 0.108. The topological polar surface area (TPSA) is 64.6 Å². The van der Waals surface area contributed by atoms with E-state index in [0.29, 0.717) is 12.3 Å². The zero-order valence-corrected chi connectivity index (χ0v) is 10.9. The molecule has 0 radical (unpaired) electrons. The first-order valence-electron chi connectivity index (χ1n) is 5.89. The van der Waals surface area contributed by atoms with Crippen LogP contribution in [0.4, 0.5) is 4.79 Å². The lowest BCUT2D eigenvalue weighted by molar-refractivity contribution is -0.143. The predicted molar refractivity (Wildman–Crippen MR) is 62.5 cm³/mol. The average Bonchev–Trinajstić information content (AvgIpc) is 2.96. The molecule has 1 aliphatic rings. The summed E-state index contributed by atoms with van der Waals surface area (Å²) < 4.78 is 9.77. The summed E-state index contributed by atoms with van der Waals surface area (Å²) in [7, 11) is 1.32. The Morgan fingerprint density at radius 1 is 1.35 bits per heavy atom. The number of carbonyl (C=O) groups is 2. The van der Waals surface area contributed by atoms with Gasteiger partial charge in [0.05, 0.1) is 7.11 Å². The number of alkyl carbamates (subject to hydrolysis) is 1. The zero-order valence-electron chi connectivity index (χ0n) is 10.9. The Bertz CT molecular complexity index is 291. The summed E-state index contributed by atoms with van der Waals surface area (Å²) in [6.07, 6.45) is 2.28. The molecule has 0 bridgehead atoms. The number of rotatable bonds is 4. The second kappa shape index (κ2) is 5.38. The predicted octanol–water partition coefficient (Wildman–Crippen LogP) is 1.85. The van der Waals surface area contributed by atoms with E-state index in [1.54, 1.807) is 20.8 Å². The number of nitrogens with one attached hydrogen (secondary N) is 1. The van der Waals surface area contributed by atoms with Gasteiger partial charge in [-0.25, -0.2) is 9.59 Å². The third kappa shape index (κ3) is 5.56. The minimum absolute atomic E-state index is 0.414. The first-order valence-corrected chi connectivity index (χ1v) is 5.89. The molecule has 98 valence electrons. The van der Waals surface area contributed by atoms with Crippen LogP contribution in [0.15, 0.2) is 0 Å². The van der Waals surface area contributed by atoms with E-state index in [2.05, 4.69) is 10.1 Å². The van der Waals surface area contributed by atoms with Crippen LogP contribution in [0, 0.1) is 5.92 Å². The molecule has 0 spiro atoms. The first kappa shape index (κ1) is 13.8. The molecule has 1 aliphatic carbocycles. The molecule has 17 heavy (non-hydrogen) atoms. The Hall–Kier alpha value is -1.26. The fourth-order valence-electron chi connectivity index (χ4n) is 1.49. The molecular weight excluding hydrogens is 222 g/mol. The van der Waals surface area contributed by atoms with E-state index >= 15 is 0 Å². The standard InChI is InChI=1S/C12H21NO4/c1-12(2,3)17-11(15)13-9(10(14)16-4)7-8-5-6-8/h8-9H,5-7H2,1-4H3,(H,13,15). The van der Waals surface area contributed by atoms with Crippen molar-refractivity contribution in [3.8, 4) is 0 Å². The van der Waals surface area contributed by atoms with Crippen molar-refractivity contribution in [2.24, 2.45) is 5.92 Å². The summed E-state index contributed by atoms with van der Waals surface area (Å²) in [4.78, 5) is 23.0. The minimum Gasteiger partial charge on any atom is -0.467 e. The number of esters is 1. The maximum atomic E-state index is 11.6. The Morgan fingerprint density at radius 2 is 1.94 bits per heavy atom. The molecule has 0 aromatic heterocycles. The highest BCUT2D eigenvalue weighted by Gasteiger charge is 2.32. The van der Waals surface area contributed by atoms with E-state index in [0.717, 1.165) is 12.8 Å². The Balaban J connectivity index is 2.46. The molecular formula is C12H21NO4. The van der Waals surface area contributed by atoms with Crippen LogP contribution in [0.5, 0.6) is 0 Å². The van der Waals surface area contributed by atoms with Gasteiger partial charge in [0, 0.05) is 0 Å². The van der Waals surface area contributed by atoms with Crippen molar-refractivity contribution in [1.29, 1.82) is 0 Å². The van der Waals surface area contributed by atoms with Gasteiger partial charge in [0.2, 0.25) is 0 Å². The molecule has 0 aliphatic heterocycles. The third-order valence-electron chi connectivity index (χ3n) is 2.44. The van der Waals surface area contributed by atoms with E-state index in [1.165, 1.54) is 7.11 Å². The molecule has 1 unspecified atom stereocenters. The van der Waals surface area contributed by atoms with Crippen LogP contribution < -0.4 is 5.32 Å². The lowest BCUT2D eigenvalue weighted by Gasteiger charge is -2.22. The normalized spacial score (nSPS) is 17.2. The first-order chi connectivity index (χ1) is 7.81. The highest BCUT2D eigenvalue weighted by Crippen LogP contribution is 2.33. The fraction of sp³-hybridized carbons (Fsp3) is 0.833. The quantitative estimate of drug-likeness (QED) is 0.765. The van der Waals surface area contributed by atoms with E-state index in [1.807, 2.05) is 0 Å². The van der Waals surface area contributed by atoms with Gasteiger partial charge >= 0.3 is 12.1 Å². The van der Waals surface area contributed by atoms with Gasteiger partial charge in [-0.1, -0.05) is 12.8 Å². The van der Waals surface area contributed by atoms with Gasteiger partial charge in [-0.2, -0.15) is 0 Å². The second-order valence-electron chi connectivity index (χ2n) is 5.40. The summed E-state index contributed by atoms with van der Waals surface area (Å²) in [6, 6.07) is -0.595. The Morgan fingerprint density at radius 3 is 2.35 bits per heavy atom. The van der Waals surface area contributed by atoms with Gasteiger partial charge < -0.3 is 14.8 Å². The van der Waals surface area contributed by atoms with Crippen LogP contribution in [0.2, 0.25) is 0 Å². The van der Waals surface area contributed by atoms with Gasteiger partial charge in [-0.3, -0.25) is 0 Å². The largest absolute Gasteiger partial charge is 0.467 e. The maximum absolute atomic E-state index is 11.6. The van der Waals surface area contributed by atoms with E-state index in [-0.39, 0.29) is 0 Å². The van der Waals surface area contributed by atoms with Crippen molar-refractivity contribution >= 4 is 12.1 Å². The highest BCUT2D eigenvalue weighted by molar-refractivity contribution is 5.81.